The number of benzene rings is 1. The highest BCUT2D eigenvalue weighted by Gasteiger charge is 2.19. The van der Waals surface area contributed by atoms with Gasteiger partial charge in [0.25, 0.3) is 0 Å². The molecule has 0 unspecified atom stereocenters. The van der Waals surface area contributed by atoms with Crippen LogP contribution in [0.15, 0.2) is 60.8 Å². The van der Waals surface area contributed by atoms with Gasteiger partial charge in [-0.25, -0.2) is 0 Å². The third-order valence-electron chi connectivity index (χ3n) is 4.82. The number of carbonyl (C=O) groups is 1. The summed E-state index contributed by atoms with van der Waals surface area (Å²) in [6.45, 7) is 3.08. The number of rotatable bonds is 6. The second kappa shape index (κ2) is 8.14. The van der Waals surface area contributed by atoms with Gasteiger partial charge in [0.2, 0.25) is 5.91 Å². The minimum atomic E-state index is -0.0631. The summed E-state index contributed by atoms with van der Waals surface area (Å²) >= 11 is 0. The summed E-state index contributed by atoms with van der Waals surface area (Å²) in [6, 6.07) is 17.9. The Morgan fingerprint density at radius 2 is 2.04 bits per heavy atom. The van der Waals surface area contributed by atoms with Crippen molar-refractivity contribution < 1.29 is 4.79 Å². The van der Waals surface area contributed by atoms with Gasteiger partial charge in [-0.05, 0) is 23.8 Å². The van der Waals surface area contributed by atoms with Crippen molar-refractivity contribution in [1.82, 2.24) is 25.4 Å². The number of fused-ring (bicyclic) bond motifs is 1. The van der Waals surface area contributed by atoms with Crippen LogP contribution in [0.1, 0.15) is 35.0 Å². The fraction of sp³-hybridized carbons (Fsp3) is 0.286. The van der Waals surface area contributed by atoms with E-state index in [0.29, 0.717) is 13.0 Å². The second-order valence-corrected chi connectivity index (χ2v) is 6.73. The van der Waals surface area contributed by atoms with E-state index >= 15 is 0 Å². The lowest BCUT2D eigenvalue weighted by molar-refractivity contribution is -0.121. The summed E-state index contributed by atoms with van der Waals surface area (Å²) in [5.41, 5.74) is 4.06. The van der Waals surface area contributed by atoms with E-state index in [1.54, 1.807) is 6.20 Å². The van der Waals surface area contributed by atoms with Gasteiger partial charge in [0, 0.05) is 37.3 Å². The Morgan fingerprint density at radius 1 is 1.19 bits per heavy atom. The molecule has 1 amide bonds. The molecule has 0 radical (unpaired) electrons. The van der Waals surface area contributed by atoms with Crippen molar-refractivity contribution in [3.8, 4) is 0 Å². The van der Waals surface area contributed by atoms with Gasteiger partial charge in [0.05, 0.1) is 24.5 Å². The lowest BCUT2D eigenvalue weighted by Crippen LogP contribution is -2.28. The van der Waals surface area contributed by atoms with Crippen LogP contribution in [0.5, 0.6) is 0 Å². The van der Waals surface area contributed by atoms with Gasteiger partial charge in [-0.1, -0.05) is 36.4 Å². The number of nitrogens with zero attached hydrogens (tertiary/aromatic N) is 3. The first-order valence-corrected chi connectivity index (χ1v) is 9.28. The van der Waals surface area contributed by atoms with Crippen LogP contribution in [0.4, 0.5) is 0 Å². The first-order valence-electron chi connectivity index (χ1n) is 9.28. The second-order valence-electron chi connectivity index (χ2n) is 6.73. The van der Waals surface area contributed by atoms with Gasteiger partial charge in [-0.3, -0.25) is 14.5 Å². The normalized spacial score (nSPS) is 14.4. The number of pyridine rings is 1. The molecule has 6 nitrogen and oxygen atoms in total. The Hall–Kier alpha value is -2.99. The zero-order chi connectivity index (χ0) is 18.5. The minimum absolute atomic E-state index is 0.00129. The van der Waals surface area contributed by atoms with Crippen LogP contribution < -0.4 is 10.6 Å². The van der Waals surface area contributed by atoms with E-state index in [1.165, 1.54) is 5.69 Å². The van der Waals surface area contributed by atoms with Gasteiger partial charge in [-0.2, -0.15) is 5.10 Å². The molecular formula is C21H23N5O. The smallest absolute Gasteiger partial charge is 0.221 e. The predicted molar refractivity (Wildman–Crippen MR) is 103 cm³/mol. The molecule has 0 aliphatic carbocycles. The molecule has 1 aromatic carbocycles. The molecule has 0 saturated carbocycles. The number of aromatic nitrogens is 3. The standard InChI is InChI=1S/C21H23N5O/c27-21(24-14-17-12-18-15-22-10-11-26(18)25-17)13-19(16-6-2-1-3-7-16)20-8-4-5-9-23-20/h1-9,12,19,22H,10-11,13-15H2,(H,24,27)/t19-/m1/s1. The summed E-state index contributed by atoms with van der Waals surface area (Å²) in [5.74, 6) is -0.0644. The molecule has 2 aromatic heterocycles. The summed E-state index contributed by atoms with van der Waals surface area (Å²) in [6.07, 6.45) is 2.13. The number of nitrogens with one attached hydrogen (secondary N) is 2. The molecule has 0 spiro atoms. The van der Waals surface area contributed by atoms with Crippen LogP contribution in [-0.4, -0.2) is 27.2 Å². The number of hydrogen-bond donors (Lipinski definition) is 2. The highest BCUT2D eigenvalue weighted by molar-refractivity contribution is 5.77. The van der Waals surface area contributed by atoms with Crippen LogP contribution in [0.25, 0.3) is 0 Å². The van der Waals surface area contributed by atoms with Crippen LogP contribution in [-0.2, 0) is 24.4 Å². The highest BCUT2D eigenvalue weighted by atomic mass is 16.1. The maximum atomic E-state index is 12.6. The molecule has 3 heterocycles. The fourth-order valence-corrected chi connectivity index (χ4v) is 3.45. The molecule has 0 bridgehead atoms. The number of carbonyl (C=O) groups excluding carboxylic acids is 1. The van der Waals surface area contributed by atoms with E-state index in [9.17, 15) is 4.79 Å². The molecule has 4 rings (SSSR count). The molecule has 3 aromatic rings. The summed E-state index contributed by atoms with van der Waals surface area (Å²) in [5, 5.41) is 10.9. The Morgan fingerprint density at radius 3 is 2.81 bits per heavy atom. The van der Waals surface area contributed by atoms with E-state index in [1.807, 2.05) is 53.2 Å². The van der Waals surface area contributed by atoms with E-state index in [2.05, 4.69) is 26.8 Å². The van der Waals surface area contributed by atoms with Crippen molar-refractivity contribution in [3.63, 3.8) is 0 Å². The maximum Gasteiger partial charge on any atom is 0.221 e. The average molecular weight is 361 g/mol. The van der Waals surface area contributed by atoms with Crippen LogP contribution in [0.3, 0.4) is 0 Å². The van der Waals surface area contributed by atoms with Crippen molar-refractivity contribution >= 4 is 5.91 Å². The van der Waals surface area contributed by atoms with Gasteiger partial charge in [-0.15, -0.1) is 0 Å². The van der Waals surface area contributed by atoms with E-state index in [-0.39, 0.29) is 11.8 Å². The Kier molecular flexibility index (Phi) is 5.25. The number of amides is 1. The van der Waals surface area contributed by atoms with Crippen LogP contribution in [0.2, 0.25) is 0 Å². The van der Waals surface area contributed by atoms with E-state index < -0.39 is 0 Å². The van der Waals surface area contributed by atoms with Crippen LogP contribution in [0, 0.1) is 0 Å². The Bertz CT molecular complexity index is 828. The highest BCUT2D eigenvalue weighted by Crippen LogP contribution is 2.26. The third-order valence-corrected chi connectivity index (χ3v) is 4.82. The molecule has 27 heavy (non-hydrogen) atoms. The first kappa shape index (κ1) is 17.4. The molecular weight excluding hydrogens is 338 g/mol. The molecule has 1 aliphatic heterocycles. The first-order chi connectivity index (χ1) is 13.3. The lowest BCUT2D eigenvalue weighted by atomic mass is 9.91. The van der Waals surface area contributed by atoms with Gasteiger partial charge < -0.3 is 10.6 Å². The lowest BCUT2D eigenvalue weighted by Gasteiger charge is -2.16. The monoisotopic (exact) mass is 361 g/mol. The molecule has 1 aliphatic rings. The molecule has 0 saturated heterocycles. The summed E-state index contributed by atoms with van der Waals surface area (Å²) in [7, 11) is 0. The predicted octanol–water partition coefficient (Wildman–Crippen LogP) is 2.22. The van der Waals surface area contributed by atoms with Crippen molar-refractivity contribution in [2.45, 2.75) is 32.0 Å². The average Bonchev–Trinajstić information content (AvgIpc) is 3.15. The molecule has 0 fully saturated rings. The van der Waals surface area contributed by atoms with Crippen molar-refractivity contribution in [3.05, 3.63) is 83.4 Å². The molecule has 138 valence electrons. The van der Waals surface area contributed by atoms with Gasteiger partial charge in [0.1, 0.15) is 0 Å². The van der Waals surface area contributed by atoms with Crippen molar-refractivity contribution in [2.24, 2.45) is 0 Å². The Balaban J connectivity index is 1.43. The van der Waals surface area contributed by atoms with Crippen LogP contribution >= 0.6 is 0 Å². The van der Waals surface area contributed by atoms with Crippen molar-refractivity contribution in [1.29, 1.82) is 0 Å². The Labute approximate surface area is 158 Å². The zero-order valence-electron chi connectivity index (χ0n) is 15.1. The molecule has 2 N–H and O–H groups in total. The summed E-state index contributed by atoms with van der Waals surface area (Å²) < 4.78 is 2.01. The topological polar surface area (TPSA) is 71.8 Å². The fourth-order valence-electron chi connectivity index (χ4n) is 3.45. The van der Waals surface area contributed by atoms with Gasteiger partial charge in [0.15, 0.2) is 0 Å². The maximum absolute atomic E-state index is 12.6. The third kappa shape index (κ3) is 4.23. The number of hydrogen-bond acceptors (Lipinski definition) is 4. The largest absolute Gasteiger partial charge is 0.350 e. The summed E-state index contributed by atoms with van der Waals surface area (Å²) in [4.78, 5) is 17.1. The SMILES string of the molecule is O=C(C[C@H](c1ccccc1)c1ccccn1)NCc1cc2n(n1)CCNC2. The van der Waals surface area contributed by atoms with Gasteiger partial charge >= 0.3 is 0 Å². The molecule has 6 heteroatoms. The molecule has 1 atom stereocenters. The minimum Gasteiger partial charge on any atom is -0.350 e. The van der Waals surface area contributed by atoms with E-state index in [0.717, 1.165) is 36.6 Å². The quantitative estimate of drug-likeness (QED) is 0.706. The van der Waals surface area contributed by atoms with Crippen molar-refractivity contribution in [2.75, 3.05) is 6.54 Å². The zero-order valence-corrected chi connectivity index (χ0v) is 15.1. The van der Waals surface area contributed by atoms with E-state index in [4.69, 9.17) is 0 Å².